The van der Waals surface area contributed by atoms with Crippen LogP contribution in [0.25, 0.3) is 11.3 Å². The number of rotatable bonds is 7. The van der Waals surface area contributed by atoms with E-state index in [0.29, 0.717) is 11.1 Å². The van der Waals surface area contributed by atoms with E-state index in [4.69, 9.17) is 4.74 Å². The molecule has 2 aromatic heterocycles. The van der Waals surface area contributed by atoms with Gasteiger partial charge in [-0.25, -0.2) is 13.8 Å². The Morgan fingerprint density at radius 2 is 1.90 bits per heavy atom. The van der Waals surface area contributed by atoms with Gasteiger partial charge in [0.15, 0.2) is 5.78 Å². The molecule has 4 atom stereocenters. The van der Waals surface area contributed by atoms with E-state index in [1.165, 1.54) is 37.5 Å². The lowest BCUT2D eigenvalue weighted by molar-refractivity contribution is -0.215. The number of halogens is 2. The normalized spacial score (nSPS) is 23.1. The van der Waals surface area contributed by atoms with Gasteiger partial charge < -0.3 is 20.3 Å². The highest BCUT2D eigenvalue weighted by atomic mass is 19.1. The largest absolute Gasteiger partial charge is 0.390 e. The fraction of sp³-hybridized carbons (Fsp3) is 0.379. The Morgan fingerprint density at radius 3 is 2.59 bits per heavy atom. The van der Waals surface area contributed by atoms with Crippen LogP contribution < -0.4 is 5.32 Å². The van der Waals surface area contributed by atoms with Gasteiger partial charge in [0.1, 0.15) is 28.6 Å². The molecule has 3 N–H and O–H groups in total. The molecule has 4 rings (SSSR count). The summed E-state index contributed by atoms with van der Waals surface area (Å²) in [4.78, 5) is 33.9. The molecule has 1 aromatic carbocycles. The van der Waals surface area contributed by atoms with Crippen LogP contribution in [0.1, 0.15) is 72.2 Å². The van der Waals surface area contributed by atoms with Gasteiger partial charge in [0.2, 0.25) is 0 Å². The number of aliphatic hydroxyl groups excluding tert-OH is 1. The monoisotopic (exact) mass is 539 g/mol. The molecule has 1 aliphatic heterocycles. The molecule has 0 radical (unpaired) electrons. The Balaban J connectivity index is 1.62. The van der Waals surface area contributed by atoms with E-state index in [-0.39, 0.29) is 35.7 Å². The van der Waals surface area contributed by atoms with E-state index in [1.807, 2.05) is 0 Å². The van der Waals surface area contributed by atoms with Gasteiger partial charge in [-0.3, -0.25) is 14.6 Å². The zero-order chi connectivity index (χ0) is 28.5. The van der Waals surface area contributed by atoms with Crippen molar-refractivity contribution in [3.05, 3.63) is 82.8 Å². The number of hydrogen-bond donors (Lipinski definition) is 3. The van der Waals surface area contributed by atoms with Crippen molar-refractivity contribution in [1.82, 2.24) is 15.3 Å². The van der Waals surface area contributed by atoms with Gasteiger partial charge >= 0.3 is 0 Å². The summed E-state index contributed by atoms with van der Waals surface area (Å²) in [7, 11) is 0. The summed E-state index contributed by atoms with van der Waals surface area (Å²) in [5, 5.41) is 23.6. The Bertz CT molecular complexity index is 1380. The quantitative estimate of drug-likeness (QED) is 0.389. The number of benzene rings is 1. The predicted octanol–water partition coefficient (Wildman–Crippen LogP) is 3.95. The molecule has 1 fully saturated rings. The van der Waals surface area contributed by atoms with Crippen molar-refractivity contribution < 1.29 is 33.3 Å². The van der Waals surface area contributed by atoms with E-state index < -0.39 is 52.9 Å². The number of nitrogens with zero attached hydrogens (tertiary/aromatic N) is 2. The maximum Gasteiger partial charge on any atom is 0.251 e. The van der Waals surface area contributed by atoms with Crippen LogP contribution in [-0.4, -0.2) is 55.7 Å². The summed E-state index contributed by atoms with van der Waals surface area (Å²) in [6.45, 7) is 6.71. The van der Waals surface area contributed by atoms with Crippen LogP contribution in [0.5, 0.6) is 0 Å². The number of aliphatic hydroxyl groups is 2. The second-order valence-corrected chi connectivity index (χ2v) is 10.3. The average molecular weight is 540 g/mol. The summed E-state index contributed by atoms with van der Waals surface area (Å²) >= 11 is 0. The van der Waals surface area contributed by atoms with Crippen LogP contribution in [0.4, 0.5) is 8.78 Å². The first-order valence-electron chi connectivity index (χ1n) is 12.7. The summed E-state index contributed by atoms with van der Waals surface area (Å²) in [6, 6.07) is 7.32. The van der Waals surface area contributed by atoms with E-state index in [9.17, 15) is 28.6 Å². The van der Waals surface area contributed by atoms with Crippen molar-refractivity contribution in [3.63, 3.8) is 0 Å². The van der Waals surface area contributed by atoms with Gasteiger partial charge in [-0.15, -0.1) is 0 Å². The number of carbonyl (C=O) groups is 2. The van der Waals surface area contributed by atoms with Crippen LogP contribution in [0.3, 0.4) is 0 Å². The Morgan fingerprint density at radius 1 is 1.18 bits per heavy atom. The minimum atomic E-state index is -1.42. The minimum Gasteiger partial charge on any atom is -0.390 e. The molecule has 3 heterocycles. The molecule has 10 heteroatoms. The highest BCUT2D eigenvalue weighted by Gasteiger charge is 2.44. The van der Waals surface area contributed by atoms with Crippen LogP contribution in [0.15, 0.2) is 48.8 Å². The van der Waals surface area contributed by atoms with E-state index in [0.717, 1.165) is 12.1 Å². The molecule has 0 saturated carbocycles. The fourth-order valence-electron chi connectivity index (χ4n) is 4.50. The number of nitrogens with one attached hydrogen (secondary N) is 1. The minimum absolute atomic E-state index is 0.0986. The second kappa shape index (κ2) is 11.3. The molecule has 3 aromatic rings. The SMILES string of the molecule is CC(C)NC(=O)c1ccc(F)c(-c2nc(C(=O)Cc3cnccc3[C@H]3C[C@@H](O)[C@](C)(O)[C@@H](C)O3)ccc2F)c1. The van der Waals surface area contributed by atoms with Crippen molar-refractivity contribution in [2.45, 2.75) is 70.5 Å². The average Bonchev–Trinajstić information content (AvgIpc) is 2.88. The number of pyridine rings is 2. The maximum absolute atomic E-state index is 14.8. The number of ether oxygens (including phenoxy) is 1. The molecular formula is C29H31F2N3O5. The molecule has 0 unspecified atom stereocenters. The molecule has 1 amide bonds. The predicted molar refractivity (Wildman–Crippen MR) is 139 cm³/mol. The fourth-order valence-corrected chi connectivity index (χ4v) is 4.50. The van der Waals surface area contributed by atoms with Gasteiger partial charge in [-0.2, -0.15) is 0 Å². The lowest BCUT2D eigenvalue weighted by Gasteiger charge is -2.43. The second-order valence-electron chi connectivity index (χ2n) is 10.3. The lowest BCUT2D eigenvalue weighted by Crippen LogP contribution is -2.54. The van der Waals surface area contributed by atoms with Crippen molar-refractivity contribution in [2.75, 3.05) is 0 Å². The number of Topliss-reactive ketones (excluding diaryl/α,β-unsaturated/α-hetero) is 1. The zero-order valence-corrected chi connectivity index (χ0v) is 22.1. The first-order chi connectivity index (χ1) is 18.4. The van der Waals surface area contributed by atoms with Gasteiger partial charge in [-0.05, 0) is 75.2 Å². The summed E-state index contributed by atoms with van der Waals surface area (Å²) < 4.78 is 35.5. The highest BCUT2D eigenvalue weighted by Crippen LogP contribution is 2.38. The topological polar surface area (TPSA) is 122 Å². The smallest absolute Gasteiger partial charge is 0.251 e. The van der Waals surface area contributed by atoms with Gasteiger partial charge in [0.05, 0.1) is 18.3 Å². The van der Waals surface area contributed by atoms with Gasteiger partial charge in [-0.1, -0.05) is 0 Å². The van der Waals surface area contributed by atoms with Crippen LogP contribution in [0, 0.1) is 11.6 Å². The molecule has 0 spiro atoms. The molecule has 0 aliphatic carbocycles. The van der Waals surface area contributed by atoms with Crippen molar-refractivity contribution in [2.24, 2.45) is 0 Å². The number of hydrogen-bond acceptors (Lipinski definition) is 7. The first-order valence-corrected chi connectivity index (χ1v) is 12.7. The number of carbonyl (C=O) groups excluding carboxylic acids is 2. The van der Waals surface area contributed by atoms with Crippen molar-refractivity contribution in [3.8, 4) is 11.3 Å². The Labute approximate surface area is 225 Å². The molecule has 1 saturated heterocycles. The Hall–Kier alpha value is -3.60. The number of ketones is 1. The van der Waals surface area contributed by atoms with Gasteiger partial charge in [0, 0.05) is 42.4 Å². The first kappa shape index (κ1) is 28.4. The lowest BCUT2D eigenvalue weighted by atomic mass is 9.84. The summed E-state index contributed by atoms with van der Waals surface area (Å²) in [5.41, 5.74) is -0.892. The van der Waals surface area contributed by atoms with Crippen molar-refractivity contribution in [1.29, 1.82) is 0 Å². The number of amides is 1. The Kier molecular flexibility index (Phi) is 8.20. The maximum atomic E-state index is 14.8. The molecule has 0 bridgehead atoms. The molecule has 8 nitrogen and oxygen atoms in total. The summed E-state index contributed by atoms with van der Waals surface area (Å²) in [5.74, 6) is -2.57. The van der Waals surface area contributed by atoms with Crippen LogP contribution >= 0.6 is 0 Å². The number of aromatic nitrogens is 2. The van der Waals surface area contributed by atoms with E-state index in [2.05, 4.69) is 15.3 Å². The zero-order valence-electron chi connectivity index (χ0n) is 22.1. The third kappa shape index (κ3) is 6.03. The van der Waals surface area contributed by atoms with E-state index in [1.54, 1.807) is 26.8 Å². The third-order valence-electron chi connectivity index (χ3n) is 6.98. The highest BCUT2D eigenvalue weighted by molar-refractivity contribution is 5.97. The van der Waals surface area contributed by atoms with Crippen LogP contribution in [-0.2, 0) is 11.2 Å². The molecule has 1 aliphatic rings. The van der Waals surface area contributed by atoms with Crippen LogP contribution in [0.2, 0.25) is 0 Å². The van der Waals surface area contributed by atoms with E-state index >= 15 is 0 Å². The standard InChI is InChI=1S/C29H31F2N3O5/c1-15(2)33-28(37)17-5-6-21(30)20(11-17)27-22(31)7-8-23(34-27)24(35)12-18-14-32-10-9-19(18)25-13-26(36)29(4,38)16(3)39-25/h5-11,14-16,25-26,36,38H,12-13H2,1-4H3,(H,33,37)/t16-,25-,26-,29-/m1/s1. The summed E-state index contributed by atoms with van der Waals surface area (Å²) in [6.07, 6.45) is 0.682. The van der Waals surface area contributed by atoms with Gasteiger partial charge in [0.25, 0.3) is 5.91 Å². The molecule has 39 heavy (non-hydrogen) atoms. The third-order valence-corrected chi connectivity index (χ3v) is 6.98. The molecular weight excluding hydrogens is 508 g/mol. The molecule has 206 valence electrons. The van der Waals surface area contributed by atoms with Crippen molar-refractivity contribution >= 4 is 11.7 Å².